The third kappa shape index (κ3) is 3.36. The minimum atomic E-state index is -3.72. The summed E-state index contributed by atoms with van der Waals surface area (Å²) in [5, 5.41) is 8.83. The second-order valence-corrected chi connectivity index (χ2v) is 7.11. The molecule has 0 heterocycles. The summed E-state index contributed by atoms with van der Waals surface area (Å²) in [5.41, 5.74) is 1.52. The van der Waals surface area contributed by atoms with E-state index in [2.05, 4.69) is 4.72 Å². The lowest BCUT2D eigenvalue weighted by Crippen LogP contribution is -2.27. The van der Waals surface area contributed by atoms with Crippen molar-refractivity contribution in [2.75, 3.05) is 13.7 Å². The standard InChI is InChI=1S/C14H19NO5S/c1-8-4-9(2)13(12(5-8)20-3)21(18,19)15-7-10-6-11(10)14(16)17/h4-5,10-11,15H,6-7H2,1-3H3,(H,16,17)/t10-,11+/m0/s1. The maximum absolute atomic E-state index is 12.4. The van der Waals surface area contributed by atoms with E-state index in [-0.39, 0.29) is 17.4 Å². The Balaban J connectivity index is 2.19. The van der Waals surface area contributed by atoms with Crippen molar-refractivity contribution in [3.8, 4) is 5.75 Å². The lowest BCUT2D eigenvalue weighted by molar-refractivity contribution is -0.138. The molecule has 1 aromatic rings. The number of rotatable bonds is 6. The van der Waals surface area contributed by atoms with Gasteiger partial charge in [0.2, 0.25) is 10.0 Å². The lowest BCUT2D eigenvalue weighted by atomic mass is 10.1. The van der Waals surface area contributed by atoms with E-state index in [1.807, 2.05) is 6.92 Å². The number of nitrogens with one attached hydrogen (secondary N) is 1. The Hall–Kier alpha value is -1.60. The predicted octanol–water partition coefficient (Wildman–Crippen LogP) is 1.31. The van der Waals surface area contributed by atoms with Gasteiger partial charge in [-0.25, -0.2) is 13.1 Å². The summed E-state index contributed by atoms with van der Waals surface area (Å²) in [6, 6.07) is 3.44. The van der Waals surface area contributed by atoms with Crippen LogP contribution in [0.25, 0.3) is 0 Å². The van der Waals surface area contributed by atoms with Crippen molar-refractivity contribution in [1.29, 1.82) is 0 Å². The van der Waals surface area contributed by atoms with E-state index >= 15 is 0 Å². The lowest BCUT2D eigenvalue weighted by Gasteiger charge is -2.14. The average molecular weight is 313 g/mol. The number of carboxylic acids is 1. The number of carbonyl (C=O) groups is 1. The Labute approximate surface area is 124 Å². The Morgan fingerprint density at radius 3 is 2.62 bits per heavy atom. The number of hydrogen-bond donors (Lipinski definition) is 2. The zero-order valence-electron chi connectivity index (χ0n) is 12.2. The van der Waals surface area contributed by atoms with E-state index in [0.29, 0.717) is 17.7 Å². The number of aliphatic carboxylic acids is 1. The topological polar surface area (TPSA) is 92.7 Å². The highest BCUT2D eigenvalue weighted by Crippen LogP contribution is 2.38. The van der Waals surface area contributed by atoms with Crippen LogP contribution in [0.15, 0.2) is 17.0 Å². The van der Waals surface area contributed by atoms with Gasteiger partial charge in [-0.15, -0.1) is 0 Å². The molecule has 1 aliphatic carbocycles. The van der Waals surface area contributed by atoms with Crippen LogP contribution in [0.1, 0.15) is 17.5 Å². The van der Waals surface area contributed by atoms with Crippen molar-refractivity contribution in [2.45, 2.75) is 25.2 Å². The summed E-state index contributed by atoms with van der Waals surface area (Å²) < 4.78 is 32.5. The maximum Gasteiger partial charge on any atom is 0.306 e. The molecule has 116 valence electrons. The van der Waals surface area contributed by atoms with Crippen molar-refractivity contribution in [2.24, 2.45) is 11.8 Å². The largest absolute Gasteiger partial charge is 0.495 e. The first-order valence-electron chi connectivity index (χ1n) is 6.64. The summed E-state index contributed by atoms with van der Waals surface area (Å²) >= 11 is 0. The fourth-order valence-electron chi connectivity index (χ4n) is 2.48. The molecule has 0 aromatic heterocycles. The molecule has 1 fully saturated rings. The van der Waals surface area contributed by atoms with Crippen LogP contribution in [-0.2, 0) is 14.8 Å². The fraction of sp³-hybridized carbons (Fsp3) is 0.500. The molecule has 0 unspecified atom stereocenters. The molecule has 2 rings (SSSR count). The van der Waals surface area contributed by atoms with Gasteiger partial charge in [0.25, 0.3) is 0 Å². The molecule has 1 aliphatic rings. The molecule has 6 nitrogen and oxygen atoms in total. The van der Waals surface area contributed by atoms with E-state index in [1.165, 1.54) is 7.11 Å². The van der Waals surface area contributed by atoms with Gasteiger partial charge in [0, 0.05) is 6.54 Å². The van der Waals surface area contributed by atoms with E-state index in [9.17, 15) is 13.2 Å². The molecule has 0 bridgehead atoms. The van der Waals surface area contributed by atoms with Crippen LogP contribution >= 0.6 is 0 Å². The highest BCUT2D eigenvalue weighted by molar-refractivity contribution is 7.89. The van der Waals surface area contributed by atoms with Crippen LogP contribution in [0.5, 0.6) is 5.75 Å². The summed E-state index contributed by atoms with van der Waals surface area (Å²) in [6.07, 6.45) is 0.516. The summed E-state index contributed by atoms with van der Waals surface area (Å²) in [7, 11) is -2.30. The number of ether oxygens (including phenoxy) is 1. The van der Waals surface area contributed by atoms with Gasteiger partial charge in [-0.2, -0.15) is 0 Å². The molecule has 21 heavy (non-hydrogen) atoms. The van der Waals surface area contributed by atoms with Crippen molar-refractivity contribution >= 4 is 16.0 Å². The molecular weight excluding hydrogens is 294 g/mol. The number of hydrogen-bond acceptors (Lipinski definition) is 4. The second-order valence-electron chi connectivity index (χ2n) is 5.41. The highest BCUT2D eigenvalue weighted by Gasteiger charge is 2.43. The zero-order chi connectivity index (χ0) is 15.8. The van der Waals surface area contributed by atoms with E-state index < -0.39 is 21.9 Å². The predicted molar refractivity (Wildman–Crippen MR) is 76.9 cm³/mol. The SMILES string of the molecule is COc1cc(C)cc(C)c1S(=O)(=O)NC[C@@H]1C[C@H]1C(=O)O. The van der Waals surface area contributed by atoms with Gasteiger partial charge >= 0.3 is 5.97 Å². The number of benzene rings is 1. The van der Waals surface area contributed by atoms with Crippen LogP contribution in [0.2, 0.25) is 0 Å². The summed E-state index contributed by atoms with van der Waals surface area (Å²) in [6.45, 7) is 3.71. The van der Waals surface area contributed by atoms with Gasteiger partial charge in [0.1, 0.15) is 10.6 Å². The second kappa shape index (κ2) is 5.65. The molecule has 1 aromatic carbocycles. The summed E-state index contributed by atoms with van der Waals surface area (Å²) in [5.74, 6) is -1.14. The molecular formula is C14H19NO5S. The number of aryl methyl sites for hydroxylation is 2. The van der Waals surface area contributed by atoms with Gasteiger partial charge in [-0.1, -0.05) is 6.07 Å². The molecule has 0 amide bonds. The first kappa shape index (κ1) is 15.8. The maximum atomic E-state index is 12.4. The highest BCUT2D eigenvalue weighted by atomic mass is 32.2. The Morgan fingerprint density at radius 1 is 1.43 bits per heavy atom. The van der Waals surface area contributed by atoms with Crippen molar-refractivity contribution in [1.82, 2.24) is 4.72 Å². The first-order chi connectivity index (χ1) is 9.76. The van der Waals surface area contributed by atoms with Crippen molar-refractivity contribution < 1.29 is 23.1 Å². The quantitative estimate of drug-likeness (QED) is 0.826. The van der Waals surface area contributed by atoms with Gasteiger partial charge in [-0.05, 0) is 43.4 Å². The monoisotopic (exact) mass is 313 g/mol. The molecule has 1 saturated carbocycles. The van der Waals surface area contributed by atoms with Crippen LogP contribution in [0.3, 0.4) is 0 Å². The number of sulfonamides is 1. The van der Waals surface area contributed by atoms with E-state index in [1.54, 1.807) is 19.1 Å². The van der Waals surface area contributed by atoms with Crippen LogP contribution in [-0.4, -0.2) is 33.1 Å². The third-order valence-corrected chi connectivity index (χ3v) is 5.26. The average Bonchev–Trinajstić information content (AvgIpc) is 3.14. The molecule has 2 atom stereocenters. The molecule has 0 aliphatic heterocycles. The minimum Gasteiger partial charge on any atom is -0.495 e. The first-order valence-corrected chi connectivity index (χ1v) is 8.12. The normalized spacial score (nSPS) is 21.1. The molecule has 0 radical (unpaired) electrons. The molecule has 2 N–H and O–H groups in total. The van der Waals surface area contributed by atoms with Crippen LogP contribution in [0.4, 0.5) is 0 Å². The molecule has 0 spiro atoms. The van der Waals surface area contributed by atoms with Gasteiger partial charge < -0.3 is 9.84 Å². The molecule has 7 heteroatoms. The number of methoxy groups -OCH3 is 1. The number of carboxylic acid groups (broad SMARTS) is 1. The van der Waals surface area contributed by atoms with Crippen molar-refractivity contribution in [3.63, 3.8) is 0 Å². The van der Waals surface area contributed by atoms with Crippen LogP contribution in [0, 0.1) is 25.7 Å². The Bertz CT molecular complexity index is 668. The van der Waals surface area contributed by atoms with E-state index in [4.69, 9.17) is 9.84 Å². The fourth-order valence-corrected chi connectivity index (χ4v) is 3.94. The zero-order valence-corrected chi connectivity index (χ0v) is 13.0. The minimum absolute atomic E-state index is 0.114. The van der Waals surface area contributed by atoms with E-state index in [0.717, 1.165) is 5.56 Å². The van der Waals surface area contributed by atoms with Crippen molar-refractivity contribution in [3.05, 3.63) is 23.3 Å². The van der Waals surface area contributed by atoms with Crippen LogP contribution < -0.4 is 9.46 Å². The van der Waals surface area contributed by atoms with Gasteiger partial charge in [0.15, 0.2) is 0 Å². The Kier molecular flexibility index (Phi) is 4.25. The van der Waals surface area contributed by atoms with Gasteiger partial charge in [0.05, 0.1) is 13.0 Å². The molecule has 0 saturated heterocycles. The smallest absolute Gasteiger partial charge is 0.306 e. The summed E-state index contributed by atoms with van der Waals surface area (Å²) in [4.78, 5) is 10.9. The third-order valence-electron chi connectivity index (χ3n) is 3.65. The Morgan fingerprint density at radius 2 is 2.10 bits per heavy atom. The van der Waals surface area contributed by atoms with Gasteiger partial charge in [-0.3, -0.25) is 4.79 Å².